The molecule has 3 heteroatoms. The van der Waals surface area contributed by atoms with E-state index in [0.717, 1.165) is 45.6 Å². The molecular formula is C32H33BN2. The molecule has 0 spiro atoms. The molecule has 1 unspecified atom stereocenters. The zero-order valence-corrected chi connectivity index (χ0v) is 21.2. The standard InChI is InChI=1S/C32H33BN2/c1-31(2)21-33(27-19-26(27)32(31,3)4)25-17-11-16-24(18-25)30-34-28(22-12-7-5-8-13-22)20-29(35-30)23-14-9-6-10-15-23/h5-18,20,26-27H,19,21H2,1-4H3/t26-,27?/m1/s1. The summed E-state index contributed by atoms with van der Waals surface area (Å²) >= 11 is 0. The lowest BCUT2D eigenvalue weighted by Crippen LogP contribution is -2.47. The van der Waals surface area contributed by atoms with Crippen LogP contribution in [0.3, 0.4) is 0 Å². The largest absolute Gasteiger partial charge is 0.228 e. The Balaban J connectivity index is 1.42. The average molecular weight is 456 g/mol. The van der Waals surface area contributed by atoms with E-state index in [1.807, 2.05) is 12.1 Å². The predicted octanol–water partition coefficient (Wildman–Crippen LogP) is 7.64. The molecular weight excluding hydrogens is 423 g/mol. The number of benzene rings is 3. The first-order chi connectivity index (χ1) is 16.8. The van der Waals surface area contributed by atoms with E-state index in [4.69, 9.17) is 9.97 Å². The van der Waals surface area contributed by atoms with Crippen LogP contribution in [0.4, 0.5) is 0 Å². The quantitative estimate of drug-likeness (QED) is 0.295. The molecule has 0 bridgehead atoms. The van der Waals surface area contributed by atoms with E-state index < -0.39 is 0 Å². The minimum absolute atomic E-state index is 0.329. The maximum absolute atomic E-state index is 5.06. The first-order valence-electron chi connectivity index (χ1n) is 12.9. The fourth-order valence-electron chi connectivity index (χ4n) is 6.32. The molecule has 1 aliphatic carbocycles. The lowest BCUT2D eigenvalue weighted by Gasteiger charge is -2.48. The van der Waals surface area contributed by atoms with Gasteiger partial charge in [-0.3, -0.25) is 0 Å². The van der Waals surface area contributed by atoms with E-state index in [1.54, 1.807) is 0 Å². The Morgan fingerprint density at radius 1 is 0.686 bits per heavy atom. The fourth-order valence-corrected chi connectivity index (χ4v) is 6.32. The third-order valence-corrected chi connectivity index (χ3v) is 9.20. The summed E-state index contributed by atoms with van der Waals surface area (Å²) < 4.78 is 0. The molecule has 0 amide bonds. The Morgan fingerprint density at radius 3 is 1.86 bits per heavy atom. The Labute approximate surface area is 210 Å². The number of hydrogen-bond acceptors (Lipinski definition) is 2. The molecule has 174 valence electrons. The van der Waals surface area contributed by atoms with Gasteiger partial charge in [0.2, 0.25) is 0 Å². The number of rotatable bonds is 4. The summed E-state index contributed by atoms with van der Waals surface area (Å²) in [5.41, 5.74) is 7.44. The molecule has 0 radical (unpaired) electrons. The normalized spacial score (nSPS) is 21.9. The predicted molar refractivity (Wildman–Crippen MR) is 148 cm³/mol. The van der Waals surface area contributed by atoms with E-state index in [0.29, 0.717) is 17.5 Å². The van der Waals surface area contributed by atoms with Gasteiger partial charge in [-0.05, 0) is 22.8 Å². The van der Waals surface area contributed by atoms with Gasteiger partial charge in [0.25, 0.3) is 0 Å². The second-order valence-corrected chi connectivity index (χ2v) is 11.7. The van der Waals surface area contributed by atoms with E-state index in [2.05, 4.69) is 107 Å². The lowest BCUT2D eigenvalue weighted by atomic mass is 9.30. The summed E-state index contributed by atoms with van der Waals surface area (Å²) in [6.07, 6.45) is 2.61. The molecule has 2 nitrogen and oxygen atoms in total. The summed E-state index contributed by atoms with van der Waals surface area (Å²) in [7, 11) is 0. The van der Waals surface area contributed by atoms with Crippen molar-refractivity contribution in [2.45, 2.75) is 46.3 Å². The molecule has 1 aromatic heterocycles. The first kappa shape index (κ1) is 22.3. The van der Waals surface area contributed by atoms with Crippen LogP contribution >= 0.6 is 0 Å². The van der Waals surface area contributed by atoms with E-state index >= 15 is 0 Å². The smallest absolute Gasteiger partial charge is 0.179 e. The van der Waals surface area contributed by atoms with Crippen LogP contribution < -0.4 is 5.46 Å². The van der Waals surface area contributed by atoms with Gasteiger partial charge in [0.1, 0.15) is 0 Å². The lowest BCUT2D eigenvalue weighted by molar-refractivity contribution is 0.0945. The van der Waals surface area contributed by atoms with Crippen LogP contribution in [-0.4, -0.2) is 16.7 Å². The van der Waals surface area contributed by atoms with Gasteiger partial charge in [0, 0.05) is 16.7 Å². The summed E-state index contributed by atoms with van der Waals surface area (Å²) in [6, 6.07) is 32.0. The summed E-state index contributed by atoms with van der Waals surface area (Å²) in [6.45, 7) is 10.5. The molecule has 2 aliphatic rings. The van der Waals surface area contributed by atoms with Crippen LogP contribution in [0, 0.1) is 16.7 Å². The molecule has 1 aliphatic heterocycles. The Kier molecular flexibility index (Phi) is 5.21. The molecule has 2 heterocycles. The highest BCUT2D eigenvalue weighted by molar-refractivity contribution is 6.75. The van der Waals surface area contributed by atoms with Crippen molar-refractivity contribution in [3.05, 3.63) is 91.0 Å². The zero-order chi connectivity index (χ0) is 24.2. The maximum atomic E-state index is 5.06. The third-order valence-electron chi connectivity index (χ3n) is 9.20. The second-order valence-electron chi connectivity index (χ2n) is 11.7. The van der Waals surface area contributed by atoms with Crippen molar-refractivity contribution in [2.24, 2.45) is 16.7 Å². The molecule has 2 atom stereocenters. The highest BCUT2D eigenvalue weighted by Crippen LogP contribution is 2.68. The fraction of sp³-hybridized carbons (Fsp3) is 0.312. The monoisotopic (exact) mass is 456 g/mol. The topological polar surface area (TPSA) is 25.8 Å². The van der Waals surface area contributed by atoms with Gasteiger partial charge in [-0.1, -0.05) is 137 Å². The van der Waals surface area contributed by atoms with Crippen LogP contribution in [-0.2, 0) is 0 Å². The summed E-state index contributed by atoms with van der Waals surface area (Å²) in [5.74, 6) is 2.45. The molecule has 3 aromatic carbocycles. The molecule has 1 saturated heterocycles. The minimum atomic E-state index is 0.329. The van der Waals surface area contributed by atoms with Gasteiger partial charge < -0.3 is 0 Å². The number of hydrogen-bond donors (Lipinski definition) is 0. The van der Waals surface area contributed by atoms with Crippen molar-refractivity contribution in [3.63, 3.8) is 0 Å². The second kappa shape index (κ2) is 8.19. The molecule has 2 fully saturated rings. The van der Waals surface area contributed by atoms with Gasteiger partial charge in [0.15, 0.2) is 12.5 Å². The number of nitrogens with zero attached hydrogens (tertiary/aromatic N) is 2. The molecule has 35 heavy (non-hydrogen) atoms. The highest BCUT2D eigenvalue weighted by Gasteiger charge is 2.62. The number of fused-ring (bicyclic) bond motifs is 1. The Bertz CT molecular complexity index is 1300. The van der Waals surface area contributed by atoms with Gasteiger partial charge in [-0.25, -0.2) is 9.97 Å². The first-order valence-corrected chi connectivity index (χ1v) is 12.9. The Morgan fingerprint density at radius 2 is 1.26 bits per heavy atom. The summed E-state index contributed by atoms with van der Waals surface area (Å²) in [5, 5.41) is 0. The van der Waals surface area contributed by atoms with Crippen molar-refractivity contribution in [3.8, 4) is 33.9 Å². The van der Waals surface area contributed by atoms with Crippen LogP contribution in [0.2, 0.25) is 12.1 Å². The third kappa shape index (κ3) is 3.91. The van der Waals surface area contributed by atoms with Gasteiger partial charge in [-0.15, -0.1) is 0 Å². The highest BCUT2D eigenvalue weighted by atomic mass is 14.9. The minimum Gasteiger partial charge on any atom is -0.228 e. The molecule has 6 rings (SSSR count). The van der Waals surface area contributed by atoms with Gasteiger partial charge >= 0.3 is 0 Å². The van der Waals surface area contributed by atoms with Gasteiger partial charge in [0.05, 0.1) is 11.4 Å². The van der Waals surface area contributed by atoms with Crippen LogP contribution in [0.5, 0.6) is 0 Å². The van der Waals surface area contributed by atoms with Crippen LogP contribution in [0.25, 0.3) is 33.9 Å². The molecule has 0 N–H and O–H groups in total. The van der Waals surface area contributed by atoms with E-state index in [-0.39, 0.29) is 0 Å². The van der Waals surface area contributed by atoms with E-state index in [9.17, 15) is 0 Å². The molecule has 4 aromatic rings. The zero-order valence-electron chi connectivity index (χ0n) is 21.2. The van der Waals surface area contributed by atoms with Gasteiger partial charge in [-0.2, -0.15) is 0 Å². The molecule has 1 saturated carbocycles. The van der Waals surface area contributed by atoms with Crippen molar-refractivity contribution in [2.75, 3.05) is 0 Å². The van der Waals surface area contributed by atoms with E-state index in [1.165, 1.54) is 18.2 Å². The average Bonchev–Trinajstić information content (AvgIpc) is 3.70. The number of aromatic nitrogens is 2. The maximum Gasteiger partial charge on any atom is 0.179 e. The Hall–Kier alpha value is -3.20. The SMILES string of the molecule is CC1(C)CB(c2cccc(-c3nc(-c4ccccc4)cc(-c4ccccc4)n3)c2)C2C[C@H]2C1(C)C. The van der Waals surface area contributed by atoms with Crippen molar-refractivity contribution in [1.82, 2.24) is 9.97 Å². The summed E-state index contributed by atoms with van der Waals surface area (Å²) in [4.78, 5) is 10.1. The van der Waals surface area contributed by atoms with Crippen molar-refractivity contribution in [1.29, 1.82) is 0 Å². The van der Waals surface area contributed by atoms with Crippen molar-refractivity contribution < 1.29 is 0 Å². The van der Waals surface area contributed by atoms with Crippen LogP contribution in [0.1, 0.15) is 34.1 Å². The van der Waals surface area contributed by atoms with Crippen LogP contribution in [0.15, 0.2) is 91.0 Å². The van der Waals surface area contributed by atoms with Crippen molar-refractivity contribution >= 4 is 12.2 Å².